The van der Waals surface area contributed by atoms with Crippen LogP contribution in [-0.2, 0) is 0 Å². The van der Waals surface area contributed by atoms with Gasteiger partial charge in [0.2, 0.25) is 5.78 Å². The fourth-order valence-corrected chi connectivity index (χ4v) is 3.31. The predicted molar refractivity (Wildman–Crippen MR) is 76.6 cm³/mol. The minimum atomic E-state index is 0.0241. The van der Waals surface area contributed by atoms with Gasteiger partial charge in [0.15, 0.2) is 5.76 Å². The molecule has 3 heteroatoms. The summed E-state index contributed by atoms with van der Waals surface area (Å²) in [5.74, 6) is 0.569. The summed E-state index contributed by atoms with van der Waals surface area (Å²) in [6.45, 7) is 8.54. The van der Waals surface area contributed by atoms with E-state index in [4.69, 9.17) is 16.0 Å². The summed E-state index contributed by atoms with van der Waals surface area (Å²) in [6.07, 6.45) is 0. The van der Waals surface area contributed by atoms with Gasteiger partial charge in [-0.25, -0.2) is 0 Å². The van der Waals surface area contributed by atoms with Crippen molar-refractivity contribution in [3.05, 3.63) is 35.0 Å². The van der Waals surface area contributed by atoms with E-state index in [-0.39, 0.29) is 22.5 Å². The molecule has 1 saturated carbocycles. The number of fused-ring (bicyclic) bond motifs is 1. The van der Waals surface area contributed by atoms with Gasteiger partial charge in [0.25, 0.3) is 0 Å². The van der Waals surface area contributed by atoms with Crippen LogP contribution in [0.15, 0.2) is 28.7 Å². The number of Topliss-reactive ketones (excluding diaryl/α,β-unsaturated/α-hetero) is 1. The second-order valence-corrected chi connectivity index (χ2v) is 6.97. The molecular weight excluding hydrogens is 260 g/mol. The maximum Gasteiger partial charge on any atom is 0.202 e. The number of benzene rings is 1. The molecule has 0 aliphatic heterocycles. The predicted octanol–water partition coefficient (Wildman–Crippen LogP) is 4.95. The molecule has 0 saturated heterocycles. The van der Waals surface area contributed by atoms with Crippen LogP contribution < -0.4 is 0 Å². The first kappa shape index (κ1) is 12.7. The van der Waals surface area contributed by atoms with E-state index in [1.807, 2.05) is 6.07 Å². The third-order valence-electron chi connectivity index (χ3n) is 5.00. The third-order valence-corrected chi connectivity index (χ3v) is 5.24. The highest BCUT2D eigenvalue weighted by molar-refractivity contribution is 6.31. The highest BCUT2D eigenvalue weighted by Gasteiger charge is 2.68. The van der Waals surface area contributed by atoms with Crippen LogP contribution in [0.25, 0.3) is 11.0 Å². The molecule has 100 valence electrons. The Morgan fingerprint density at radius 1 is 1.16 bits per heavy atom. The summed E-state index contributed by atoms with van der Waals surface area (Å²) in [7, 11) is 0. The van der Waals surface area contributed by atoms with Crippen molar-refractivity contribution in [1.29, 1.82) is 0 Å². The van der Waals surface area contributed by atoms with Crippen LogP contribution in [0.1, 0.15) is 38.2 Å². The Kier molecular flexibility index (Phi) is 2.44. The average Bonchev–Trinajstić information content (AvgIpc) is 2.64. The number of furan rings is 1. The molecule has 1 aromatic carbocycles. The van der Waals surface area contributed by atoms with E-state index in [1.165, 1.54) is 0 Å². The summed E-state index contributed by atoms with van der Waals surface area (Å²) in [4.78, 5) is 12.6. The molecule has 1 heterocycles. The number of hydrogen-bond donors (Lipinski definition) is 0. The average molecular weight is 277 g/mol. The Morgan fingerprint density at radius 3 is 2.37 bits per heavy atom. The molecule has 1 aliphatic carbocycles. The van der Waals surface area contributed by atoms with E-state index >= 15 is 0 Å². The second-order valence-electron chi connectivity index (χ2n) is 6.53. The van der Waals surface area contributed by atoms with Gasteiger partial charge >= 0.3 is 0 Å². The highest BCUT2D eigenvalue weighted by atomic mass is 35.5. The zero-order valence-electron chi connectivity index (χ0n) is 11.6. The van der Waals surface area contributed by atoms with Gasteiger partial charge in [-0.05, 0) is 35.1 Å². The van der Waals surface area contributed by atoms with Gasteiger partial charge in [0.05, 0.1) is 0 Å². The van der Waals surface area contributed by atoms with Gasteiger partial charge in [-0.3, -0.25) is 4.79 Å². The Morgan fingerprint density at radius 2 is 1.79 bits per heavy atom. The lowest BCUT2D eigenvalue weighted by atomic mass is 10.0. The monoisotopic (exact) mass is 276 g/mol. The lowest BCUT2D eigenvalue weighted by Gasteiger charge is -2.03. The Labute approximate surface area is 117 Å². The fourth-order valence-electron chi connectivity index (χ4n) is 3.13. The smallest absolute Gasteiger partial charge is 0.202 e. The third kappa shape index (κ3) is 1.66. The van der Waals surface area contributed by atoms with E-state index in [2.05, 4.69) is 27.7 Å². The fraction of sp³-hybridized carbons (Fsp3) is 0.438. The van der Waals surface area contributed by atoms with Gasteiger partial charge in [0, 0.05) is 16.3 Å². The second kappa shape index (κ2) is 3.63. The van der Waals surface area contributed by atoms with Crippen LogP contribution in [-0.4, -0.2) is 5.78 Å². The van der Waals surface area contributed by atoms with Crippen LogP contribution in [0.3, 0.4) is 0 Å². The van der Waals surface area contributed by atoms with Crippen LogP contribution >= 0.6 is 11.6 Å². The zero-order valence-corrected chi connectivity index (χ0v) is 12.3. The molecule has 0 bridgehead atoms. The van der Waals surface area contributed by atoms with E-state index < -0.39 is 0 Å². The van der Waals surface area contributed by atoms with Gasteiger partial charge in [-0.1, -0.05) is 39.3 Å². The topological polar surface area (TPSA) is 30.2 Å². The van der Waals surface area contributed by atoms with Crippen LogP contribution in [0, 0.1) is 16.7 Å². The Hall–Kier alpha value is -1.28. The summed E-state index contributed by atoms with van der Waals surface area (Å²) < 4.78 is 5.66. The number of carbonyl (C=O) groups is 1. The van der Waals surface area contributed by atoms with Crippen molar-refractivity contribution in [3.63, 3.8) is 0 Å². The quantitative estimate of drug-likeness (QED) is 0.727. The van der Waals surface area contributed by atoms with Crippen LogP contribution in [0.4, 0.5) is 0 Å². The molecule has 1 aliphatic rings. The first-order chi connectivity index (χ1) is 8.75. The number of carbonyl (C=O) groups excluding carboxylic acids is 1. The first-order valence-corrected chi connectivity index (χ1v) is 6.86. The van der Waals surface area contributed by atoms with Crippen molar-refractivity contribution in [3.8, 4) is 0 Å². The van der Waals surface area contributed by atoms with Crippen molar-refractivity contribution in [2.45, 2.75) is 27.7 Å². The minimum absolute atomic E-state index is 0.0241. The summed E-state index contributed by atoms with van der Waals surface area (Å²) in [5.41, 5.74) is 0.769. The van der Waals surface area contributed by atoms with E-state index in [0.717, 1.165) is 5.39 Å². The standard InChI is InChI=1S/C16H17ClO2/c1-15(2)14(16(15,3)4)13(18)12-8-9-7-10(17)5-6-11(9)19-12/h5-8,14H,1-4H3. The highest BCUT2D eigenvalue weighted by Crippen LogP contribution is 2.69. The van der Waals surface area contributed by atoms with Crippen molar-refractivity contribution >= 4 is 28.4 Å². The van der Waals surface area contributed by atoms with Gasteiger partial charge in [-0.15, -0.1) is 0 Å². The molecule has 0 N–H and O–H groups in total. The van der Waals surface area contributed by atoms with Crippen molar-refractivity contribution in [2.24, 2.45) is 16.7 Å². The number of rotatable bonds is 2. The molecule has 0 unspecified atom stereocenters. The molecule has 2 nitrogen and oxygen atoms in total. The molecule has 1 fully saturated rings. The molecule has 0 amide bonds. The van der Waals surface area contributed by atoms with E-state index in [1.54, 1.807) is 18.2 Å². The van der Waals surface area contributed by atoms with Gasteiger partial charge < -0.3 is 4.42 Å². The van der Waals surface area contributed by atoms with Gasteiger partial charge in [-0.2, -0.15) is 0 Å². The number of ketones is 1. The number of hydrogen-bond acceptors (Lipinski definition) is 2. The van der Waals surface area contributed by atoms with E-state index in [9.17, 15) is 4.79 Å². The summed E-state index contributed by atoms with van der Waals surface area (Å²) >= 11 is 5.95. The molecule has 3 rings (SSSR count). The maximum absolute atomic E-state index is 12.6. The van der Waals surface area contributed by atoms with Crippen molar-refractivity contribution in [2.75, 3.05) is 0 Å². The normalized spacial score (nSPS) is 20.7. The largest absolute Gasteiger partial charge is 0.453 e. The van der Waals surface area contributed by atoms with Crippen LogP contribution in [0.2, 0.25) is 5.02 Å². The maximum atomic E-state index is 12.6. The number of halogens is 1. The van der Waals surface area contributed by atoms with E-state index in [0.29, 0.717) is 16.4 Å². The molecule has 2 aromatic rings. The first-order valence-electron chi connectivity index (χ1n) is 6.48. The Balaban J connectivity index is 2.00. The lowest BCUT2D eigenvalue weighted by Crippen LogP contribution is -2.06. The minimum Gasteiger partial charge on any atom is -0.453 e. The molecule has 0 atom stereocenters. The summed E-state index contributed by atoms with van der Waals surface area (Å²) in [6, 6.07) is 7.19. The molecule has 1 aromatic heterocycles. The SMILES string of the molecule is CC1(C)C(C(=O)c2cc3cc(Cl)ccc3o2)C1(C)C. The zero-order chi connectivity index (χ0) is 14.0. The molecule has 0 radical (unpaired) electrons. The van der Waals surface area contributed by atoms with Crippen molar-refractivity contribution in [1.82, 2.24) is 0 Å². The molecule has 0 spiro atoms. The van der Waals surface area contributed by atoms with Crippen LogP contribution in [0.5, 0.6) is 0 Å². The van der Waals surface area contributed by atoms with Gasteiger partial charge in [0.1, 0.15) is 5.58 Å². The Bertz CT molecular complexity index is 665. The molecular formula is C16H17ClO2. The van der Waals surface area contributed by atoms with Crippen molar-refractivity contribution < 1.29 is 9.21 Å². The molecule has 19 heavy (non-hydrogen) atoms. The lowest BCUT2D eigenvalue weighted by molar-refractivity contribution is 0.0919. The summed E-state index contributed by atoms with van der Waals surface area (Å²) in [5, 5.41) is 1.53.